The van der Waals surface area contributed by atoms with Crippen LogP contribution < -0.4 is 0 Å². The minimum absolute atomic E-state index is 1.28. The standard InChI is InChI=1S/C8H20N.CHF3O3S/c1-5-9(6-2,7-3)8-4;2-1(3,4)8(5,6)7/h5-8H2,1-4H3;(H,5,6,7)/q+1;/p-1. The zero-order chi connectivity index (χ0) is 14.3. The van der Waals surface area contributed by atoms with Crippen LogP contribution in [-0.2, 0) is 10.1 Å². The Morgan fingerprint density at radius 1 is 0.941 bits per heavy atom. The molecule has 17 heavy (non-hydrogen) atoms. The van der Waals surface area contributed by atoms with Crippen molar-refractivity contribution in [2.24, 2.45) is 0 Å². The van der Waals surface area contributed by atoms with Crippen molar-refractivity contribution in [1.82, 2.24) is 0 Å². The molecule has 0 aliphatic carbocycles. The van der Waals surface area contributed by atoms with E-state index in [2.05, 4.69) is 27.7 Å². The Morgan fingerprint density at radius 3 is 1.12 bits per heavy atom. The maximum atomic E-state index is 10.7. The molecular formula is C9H20F3NO3S. The van der Waals surface area contributed by atoms with Crippen molar-refractivity contribution in [2.45, 2.75) is 33.2 Å². The van der Waals surface area contributed by atoms with Gasteiger partial charge in [-0.15, -0.1) is 0 Å². The summed E-state index contributed by atoms with van der Waals surface area (Å²) in [7, 11) is -6.09. The van der Waals surface area contributed by atoms with Crippen LogP contribution in [0.2, 0.25) is 0 Å². The van der Waals surface area contributed by atoms with Crippen LogP contribution in [0.25, 0.3) is 0 Å². The molecule has 0 spiro atoms. The monoisotopic (exact) mass is 279 g/mol. The van der Waals surface area contributed by atoms with Crippen LogP contribution in [0.3, 0.4) is 0 Å². The molecule has 0 bridgehead atoms. The van der Waals surface area contributed by atoms with Crippen LogP contribution in [-0.4, -0.2) is 49.1 Å². The van der Waals surface area contributed by atoms with Crippen LogP contribution in [0.4, 0.5) is 13.2 Å². The molecule has 0 amide bonds. The zero-order valence-electron chi connectivity index (χ0n) is 10.5. The molecule has 0 saturated heterocycles. The fraction of sp³-hybridized carbons (Fsp3) is 1.00. The van der Waals surface area contributed by atoms with Gasteiger partial charge in [0.05, 0.1) is 26.2 Å². The first-order valence-electron chi connectivity index (χ1n) is 5.36. The minimum atomic E-state index is -6.09. The second-order valence-electron chi connectivity index (χ2n) is 3.51. The summed E-state index contributed by atoms with van der Waals surface area (Å²) in [4.78, 5) is 0. The molecule has 0 unspecified atom stereocenters. The number of quaternary nitrogens is 1. The van der Waals surface area contributed by atoms with Crippen molar-refractivity contribution >= 4 is 10.1 Å². The third kappa shape index (κ3) is 6.85. The van der Waals surface area contributed by atoms with E-state index in [4.69, 9.17) is 13.0 Å². The predicted molar refractivity (Wildman–Crippen MR) is 58.2 cm³/mol. The Bertz CT molecular complexity index is 280. The van der Waals surface area contributed by atoms with E-state index in [0.29, 0.717) is 0 Å². The summed E-state index contributed by atoms with van der Waals surface area (Å²) in [5, 5.41) is 0. The molecule has 0 rings (SSSR count). The van der Waals surface area contributed by atoms with Gasteiger partial charge in [-0.3, -0.25) is 0 Å². The average Bonchev–Trinajstić information content (AvgIpc) is 2.20. The second-order valence-corrected chi connectivity index (χ2v) is 4.88. The van der Waals surface area contributed by atoms with Gasteiger partial charge in [0, 0.05) is 0 Å². The Balaban J connectivity index is 0. The molecule has 0 saturated carbocycles. The van der Waals surface area contributed by atoms with E-state index in [1.165, 1.54) is 30.7 Å². The quantitative estimate of drug-likeness (QED) is 0.449. The van der Waals surface area contributed by atoms with Crippen LogP contribution in [0.1, 0.15) is 27.7 Å². The van der Waals surface area contributed by atoms with E-state index in [0.717, 1.165) is 0 Å². The first-order valence-corrected chi connectivity index (χ1v) is 6.77. The highest BCUT2D eigenvalue weighted by atomic mass is 32.2. The third-order valence-electron chi connectivity index (χ3n) is 2.97. The second kappa shape index (κ2) is 7.17. The van der Waals surface area contributed by atoms with E-state index in [9.17, 15) is 13.2 Å². The minimum Gasteiger partial charge on any atom is -0.741 e. The van der Waals surface area contributed by atoms with Crippen molar-refractivity contribution in [3.05, 3.63) is 0 Å². The van der Waals surface area contributed by atoms with Crippen LogP contribution >= 0.6 is 0 Å². The topological polar surface area (TPSA) is 57.2 Å². The van der Waals surface area contributed by atoms with Crippen molar-refractivity contribution < 1.29 is 30.6 Å². The van der Waals surface area contributed by atoms with E-state index in [1.54, 1.807) is 0 Å². The number of alkyl halides is 3. The summed E-state index contributed by atoms with van der Waals surface area (Å²) in [6.45, 7) is 14.2. The van der Waals surface area contributed by atoms with Crippen LogP contribution in [0.5, 0.6) is 0 Å². The maximum Gasteiger partial charge on any atom is 0.485 e. The van der Waals surface area contributed by atoms with Gasteiger partial charge in [0.15, 0.2) is 10.1 Å². The molecule has 0 heterocycles. The molecule has 0 aromatic carbocycles. The normalized spacial score (nSPS) is 12.9. The fourth-order valence-corrected chi connectivity index (χ4v) is 1.34. The van der Waals surface area contributed by atoms with Gasteiger partial charge in [-0.25, -0.2) is 8.42 Å². The van der Waals surface area contributed by atoms with Gasteiger partial charge in [0.25, 0.3) is 0 Å². The predicted octanol–water partition coefficient (Wildman–Crippen LogP) is 1.93. The molecule has 0 N–H and O–H groups in total. The lowest BCUT2D eigenvalue weighted by atomic mass is 10.3. The molecule has 0 fully saturated rings. The number of rotatable bonds is 4. The summed E-state index contributed by atoms with van der Waals surface area (Å²) in [6, 6.07) is 0. The average molecular weight is 279 g/mol. The molecule has 0 aromatic heterocycles. The van der Waals surface area contributed by atoms with Gasteiger partial charge in [-0.2, -0.15) is 13.2 Å². The maximum absolute atomic E-state index is 10.7. The lowest BCUT2D eigenvalue weighted by Crippen LogP contribution is -2.47. The smallest absolute Gasteiger partial charge is 0.485 e. The highest BCUT2D eigenvalue weighted by Gasteiger charge is 2.36. The zero-order valence-corrected chi connectivity index (χ0v) is 11.4. The lowest BCUT2D eigenvalue weighted by Gasteiger charge is -2.34. The SMILES string of the molecule is CC[N+](CC)(CC)CC.O=S(=O)([O-])C(F)(F)F. The summed E-state index contributed by atoms with van der Waals surface area (Å²) in [5.41, 5.74) is -5.65. The lowest BCUT2D eigenvalue weighted by molar-refractivity contribution is -0.921. The van der Waals surface area contributed by atoms with Gasteiger partial charge in [-0.1, -0.05) is 0 Å². The van der Waals surface area contributed by atoms with Gasteiger partial charge < -0.3 is 9.04 Å². The highest BCUT2D eigenvalue weighted by molar-refractivity contribution is 7.86. The van der Waals surface area contributed by atoms with Crippen molar-refractivity contribution in [1.29, 1.82) is 0 Å². The highest BCUT2D eigenvalue weighted by Crippen LogP contribution is 2.20. The fourth-order valence-electron chi connectivity index (χ4n) is 1.34. The molecule has 0 radical (unpaired) electrons. The number of hydrogen-bond donors (Lipinski definition) is 0. The number of nitrogens with zero attached hydrogens (tertiary/aromatic N) is 1. The Labute approximate surface area is 101 Å². The van der Waals surface area contributed by atoms with Gasteiger partial charge in [0.2, 0.25) is 0 Å². The molecule has 4 nitrogen and oxygen atoms in total. The molecule has 0 aromatic rings. The molecular weight excluding hydrogens is 259 g/mol. The Kier molecular flexibility index (Phi) is 8.02. The molecule has 8 heteroatoms. The van der Waals surface area contributed by atoms with Crippen molar-refractivity contribution in [2.75, 3.05) is 26.2 Å². The van der Waals surface area contributed by atoms with Crippen molar-refractivity contribution in [3.63, 3.8) is 0 Å². The first-order chi connectivity index (χ1) is 7.49. The van der Waals surface area contributed by atoms with Gasteiger partial charge in [0.1, 0.15) is 0 Å². The Hall–Kier alpha value is -0.340. The van der Waals surface area contributed by atoms with Crippen LogP contribution in [0, 0.1) is 0 Å². The molecule has 106 valence electrons. The van der Waals surface area contributed by atoms with E-state index in [-0.39, 0.29) is 0 Å². The van der Waals surface area contributed by atoms with E-state index in [1.807, 2.05) is 0 Å². The largest absolute Gasteiger partial charge is 0.741 e. The Morgan fingerprint density at radius 2 is 1.12 bits per heavy atom. The molecule has 0 atom stereocenters. The first kappa shape index (κ1) is 19.0. The van der Waals surface area contributed by atoms with Gasteiger partial charge >= 0.3 is 5.51 Å². The van der Waals surface area contributed by atoms with E-state index < -0.39 is 15.6 Å². The number of halogens is 3. The van der Waals surface area contributed by atoms with E-state index >= 15 is 0 Å². The summed E-state index contributed by atoms with van der Waals surface area (Å²) < 4.78 is 60.2. The van der Waals surface area contributed by atoms with Gasteiger partial charge in [-0.05, 0) is 27.7 Å². The third-order valence-corrected chi connectivity index (χ3v) is 3.53. The van der Waals surface area contributed by atoms with Crippen molar-refractivity contribution in [3.8, 4) is 0 Å². The summed E-state index contributed by atoms with van der Waals surface area (Å²) in [6.07, 6.45) is 0. The van der Waals surface area contributed by atoms with Crippen LogP contribution in [0.15, 0.2) is 0 Å². The molecule has 0 aliphatic rings. The summed E-state index contributed by atoms with van der Waals surface area (Å²) in [5.74, 6) is 0. The summed E-state index contributed by atoms with van der Waals surface area (Å²) >= 11 is 0. The number of hydrogen-bond acceptors (Lipinski definition) is 3. The molecule has 0 aliphatic heterocycles.